The van der Waals surface area contributed by atoms with Crippen LogP contribution in [0, 0.1) is 10.5 Å². The minimum absolute atomic E-state index is 0.0688. The summed E-state index contributed by atoms with van der Waals surface area (Å²) in [6.45, 7) is 1.79. The topological polar surface area (TPSA) is 37.3 Å². The Bertz CT molecular complexity index is 562. The summed E-state index contributed by atoms with van der Waals surface area (Å²) in [4.78, 5) is 12.2. The zero-order valence-corrected chi connectivity index (χ0v) is 11.4. The lowest BCUT2D eigenvalue weighted by atomic mass is 10.0. The fraction of sp³-hybridized carbons (Fsp3) is 0.0714. The van der Waals surface area contributed by atoms with Crippen molar-refractivity contribution in [2.75, 3.05) is 0 Å². The smallest absolute Gasteiger partial charge is 0.196 e. The number of rotatable bonds is 2. The van der Waals surface area contributed by atoms with E-state index in [0.29, 0.717) is 11.1 Å². The minimum atomic E-state index is -0.148. The molecule has 2 rings (SSSR count). The Morgan fingerprint density at radius 3 is 2.47 bits per heavy atom. The first-order valence-corrected chi connectivity index (χ1v) is 6.26. The van der Waals surface area contributed by atoms with E-state index >= 15 is 0 Å². The van der Waals surface area contributed by atoms with E-state index in [0.717, 1.165) is 9.13 Å². The fourth-order valence-electron chi connectivity index (χ4n) is 1.65. The van der Waals surface area contributed by atoms with Gasteiger partial charge in [0.25, 0.3) is 0 Å². The molecule has 17 heavy (non-hydrogen) atoms. The molecule has 2 aromatic rings. The van der Waals surface area contributed by atoms with Crippen molar-refractivity contribution >= 4 is 28.4 Å². The summed E-state index contributed by atoms with van der Waals surface area (Å²) in [5, 5.41) is 9.93. The molecule has 1 N–H and O–H groups in total. The normalized spacial score (nSPS) is 10.2. The molecule has 86 valence electrons. The number of hydrogen-bond acceptors (Lipinski definition) is 2. The number of ketones is 1. The zero-order valence-electron chi connectivity index (χ0n) is 9.27. The lowest BCUT2D eigenvalue weighted by Gasteiger charge is -2.07. The van der Waals surface area contributed by atoms with Gasteiger partial charge >= 0.3 is 0 Å². The van der Waals surface area contributed by atoms with Crippen LogP contribution in [-0.2, 0) is 0 Å². The Hall–Kier alpha value is -1.36. The van der Waals surface area contributed by atoms with Gasteiger partial charge in [-0.15, -0.1) is 0 Å². The van der Waals surface area contributed by atoms with Crippen molar-refractivity contribution in [3.8, 4) is 5.75 Å². The SMILES string of the molecule is Cc1cc(I)cc(C(=O)c2ccccc2)c1O. The lowest BCUT2D eigenvalue weighted by Crippen LogP contribution is -2.02. The van der Waals surface area contributed by atoms with E-state index in [1.165, 1.54) is 0 Å². The van der Waals surface area contributed by atoms with E-state index in [4.69, 9.17) is 0 Å². The summed E-state index contributed by atoms with van der Waals surface area (Å²) in [7, 11) is 0. The number of aromatic hydroxyl groups is 1. The predicted octanol–water partition coefficient (Wildman–Crippen LogP) is 3.54. The van der Waals surface area contributed by atoms with Crippen LogP contribution in [0.3, 0.4) is 0 Å². The van der Waals surface area contributed by atoms with E-state index in [1.807, 2.05) is 24.3 Å². The van der Waals surface area contributed by atoms with Gasteiger partial charge in [0.15, 0.2) is 5.78 Å². The highest BCUT2D eigenvalue weighted by Gasteiger charge is 2.15. The number of phenolic OH excluding ortho intramolecular Hbond substituents is 1. The number of halogens is 1. The molecule has 0 heterocycles. The summed E-state index contributed by atoms with van der Waals surface area (Å²) < 4.78 is 0.942. The quantitative estimate of drug-likeness (QED) is 0.672. The van der Waals surface area contributed by atoms with Gasteiger partial charge in [-0.3, -0.25) is 4.79 Å². The van der Waals surface area contributed by atoms with Crippen LogP contribution in [0.5, 0.6) is 5.75 Å². The van der Waals surface area contributed by atoms with E-state index in [1.54, 1.807) is 25.1 Å². The molecular formula is C14H11IO2. The van der Waals surface area contributed by atoms with Crippen LogP contribution in [-0.4, -0.2) is 10.9 Å². The zero-order chi connectivity index (χ0) is 12.4. The second-order valence-electron chi connectivity index (χ2n) is 3.81. The maximum absolute atomic E-state index is 12.2. The molecule has 0 saturated carbocycles. The Morgan fingerprint density at radius 1 is 1.18 bits per heavy atom. The molecule has 0 atom stereocenters. The third-order valence-corrected chi connectivity index (χ3v) is 3.17. The van der Waals surface area contributed by atoms with Crippen LogP contribution in [0.4, 0.5) is 0 Å². The molecule has 0 aliphatic heterocycles. The molecule has 2 aromatic carbocycles. The third-order valence-electron chi connectivity index (χ3n) is 2.55. The molecule has 0 unspecified atom stereocenters. The fourth-order valence-corrected chi connectivity index (χ4v) is 2.43. The third kappa shape index (κ3) is 2.49. The van der Waals surface area contributed by atoms with Gasteiger partial charge in [-0.05, 0) is 47.2 Å². The first-order valence-electron chi connectivity index (χ1n) is 5.18. The molecule has 0 bridgehead atoms. The van der Waals surface area contributed by atoms with E-state index in [9.17, 15) is 9.90 Å². The molecule has 0 fully saturated rings. The molecule has 2 nitrogen and oxygen atoms in total. The Morgan fingerprint density at radius 2 is 1.82 bits per heavy atom. The first kappa shape index (κ1) is 12.1. The second-order valence-corrected chi connectivity index (χ2v) is 5.06. The number of carbonyl (C=O) groups is 1. The Kier molecular flexibility index (Phi) is 3.47. The summed E-state index contributed by atoms with van der Waals surface area (Å²) >= 11 is 2.14. The Labute approximate surface area is 113 Å². The van der Waals surface area contributed by atoms with Gasteiger partial charge in [0.1, 0.15) is 5.75 Å². The van der Waals surface area contributed by atoms with E-state index in [2.05, 4.69) is 22.6 Å². The van der Waals surface area contributed by atoms with Crippen molar-refractivity contribution in [2.24, 2.45) is 0 Å². The van der Waals surface area contributed by atoms with Gasteiger partial charge < -0.3 is 5.11 Å². The van der Waals surface area contributed by atoms with Crippen molar-refractivity contribution in [3.05, 3.63) is 62.7 Å². The van der Waals surface area contributed by atoms with E-state index < -0.39 is 0 Å². The maximum Gasteiger partial charge on any atom is 0.196 e. The molecule has 0 spiro atoms. The van der Waals surface area contributed by atoms with Crippen molar-refractivity contribution in [1.82, 2.24) is 0 Å². The van der Waals surface area contributed by atoms with Crippen molar-refractivity contribution in [1.29, 1.82) is 0 Å². The summed E-state index contributed by atoms with van der Waals surface area (Å²) in [5.41, 5.74) is 1.67. The molecule has 3 heteroatoms. The van der Waals surface area contributed by atoms with Crippen LogP contribution in [0.1, 0.15) is 21.5 Å². The van der Waals surface area contributed by atoms with Crippen LogP contribution in [0.2, 0.25) is 0 Å². The van der Waals surface area contributed by atoms with Crippen molar-refractivity contribution in [2.45, 2.75) is 6.92 Å². The van der Waals surface area contributed by atoms with Gasteiger partial charge in [-0.2, -0.15) is 0 Å². The number of phenols is 1. The number of hydrogen-bond donors (Lipinski definition) is 1. The summed E-state index contributed by atoms with van der Waals surface area (Å²) in [6, 6.07) is 12.5. The van der Waals surface area contributed by atoms with Gasteiger partial charge in [0, 0.05) is 9.13 Å². The predicted molar refractivity (Wildman–Crippen MR) is 75.4 cm³/mol. The van der Waals surface area contributed by atoms with E-state index in [-0.39, 0.29) is 11.5 Å². The van der Waals surface area contributed by atoms with Crippen LogP contribution >= 0.6 is 22.6 Å². The standard InChI is InChI=1S/C14H11IO2/c1-9-7-11(15)8-12(13(9)16)14(17)10-5-3-2-4-6-10/h2-8,16H,1H3. The average Bonchev–Trinajstić information content (AvgIpc) is 2.34. The second kappa shape index (κ2) is 4.87. The molecular weight excluding hydrogens is 327 g/mol. The first-order chi connectivity index (χ1) is 8.09. The number of carbonyl (C=O) groups excluding carboxylic acids is 1. The minimum Gasteiger partial charge on any atom is -0.507 e. The summed E-state index contributed by atoms with van der Waals surface area (Å²) in [6.07, 6.45) is 0. The number of benzene rings is 2. The average molecular weight is 338 g/mol. The van der Waals surface area contributed by atoms with Crippen molar-refractivity contribution < 1.29 is 9.90 Å². The van der Waals surface area contributed by atoms with Crippen molar-refractivity contribution in [3.63, 3.8) is 0 Å². The molecule has 0 amide bonds. The lowest BCUT2D eigenvalue weighted by molar-refractivity contribution is 0.103. The van der Waals surface area contributed by atoms with Gasteiger partial charge in [0.05, 0.1) is 5.56 Å². The van der Waals surface area contributed by atoms with Crippen LogP contribution in [0.25, 0.3) is 0 Å². The molecule has 0 aliphatic rings. The van der Waals surface area contributed by atoms with Gasteiger partial charge in [-0.1, -0.05) is 30.3 Å². The highest BCUT2D eigenvalue weighted by molar-refractivity contribution is 14.1. The Balaban J connectivity index is 2.52. The highest BCUT2D eigenvalue weighted by Crippen LogP contribution is 2.26. The monoisotopic (exact) mass is 338 g/mol. The maximum atomic E-state index is 12.2. The van der Waals surface area contributed by atoms with Crippen LogP contribution < -0.4 is 0 Å². The molecule has 0 saturated heterocycles. The number of aryl methyl sites for hydroxylation is 1. The largest absolute Gasteiger partial charge is 0.507 e. The van der Waals surface area contributed by atoms with Crippen LogP contribution in [0.15, 0.2) is 42.5 Å². The molecule has 0 aliphatic carbocycles. The highest BCUT2D eigenvalue weighted by atomic mass is 127. The van der Waals surface area contributed by atoms with Gasteiger partial charge in [-0.25, -0.2) is 0 Å². The van der Waals surface area contributed by atoms with Gasteiger partial charge in [0.2, 0.25) is 0 Å². The summed E-state index contributed by atoms with van der Waals surface area (Å²) in [5.74, 6) is -0.0796. The molecule has 0 radical (unpaired) electrons. The molecule has 0 aromatic heterocycles.